The number of rotatable bonds is 4. The van der Waals surface area contributed by atoms with E-state index in [0.717, 1.165) is 27.9 Å². The van der Waals surface area contributed by atoms with Gasteiger partial charge in [-0.25, -0.2) is 0 Å². The SMILES string of the molecule is C=CN/C(C)=C(\N)Cc1cccc2cccnc12. The normalized spacial score (nSPS) is 12.1. The van der Waals surface area contributed by atoms with Gasteiger partial charge in [0.1, 0.15) is 0 Å². The molecule has 0 saturated carbocycles. The maximum atomic E-state index is 6.07. The van der Waals surface area contributed by atoms with Crippen LogP contribution in [0.25, 0.3) is 10.9 Å². The summed E-state index contributed by atoms with van der Waals surface area (Å²) in [6, 6.07) is 10.1. The molecule has 3 heteroatoms. The summed E-state index contributed by atoms with van der Waals surface area (Å²) >= 11 is 0. The van der Waals surface area contributed by atoms with Crippen molar-refractivity contribution in [3.05, 3.63) is 66.3 Å². The molecule has 0 aliphatic rings. The highest BCUT2D eigenvalue weighted by Crippen LogP contribution is 2.18. The second-order valence-corrected chi connectivity index (χ2v) is 4.17. The minimum Gasteiger partial charge on any atom is -0.400 e. The summed E-state index contributed by atoms with van der Waals surface area (Å²) in [7, 11) is 0. The van der Waals surface area contributed by atoms with Crippen LogP contribution in [-0.4, -0.2) is 4.98 Å². The van der Waals surface area contributed by atoms with E-state index >= 15 is 0 Å². The average molecular weight is 239 g/mol. The van der Waals surface area contributed by atoms with Crippen LogP contribution >= 0.6 is 0 Å². The molecule has 0 unspecified atom stereocenters. The summed E-state index contributed by atoms with van der Waals surface area (Å²) in [4.78, 5) is 4.42. The summed E-state index contributed by atoms with van der Waals surface area (Å²) in [5, 5.41) is 4.15. The molecule has 1 aromatic carbocycles. The number of aromatic nitrogens is 1. The first-order chi connectivity index (χ1) is 8.72. The molecule has 0 atom stereocenters. The quantitative estimate of drug-likeness (QED) is 0.862. The van der Waals surface area contributed by atoms with Crippen LogP contribution in [0.4, 0.5) is 0 Å². The second-order valence-electron chi connectivity index (χ2n) is 4.17. The third-order valence-electron chi connectivity index (χ3n) is 2.90. The fourth-order valence-corrected chi connectivity index (χ4v) is 1.89. The van der Waals surface area contributed by atoms with Gasteiger partial charge < -0.3 is 11.1 Å². The molecule has 3 nitrogen and oxygen atoms in total. The van der Waals surface area contributed by atoms with E-state index in [-0.39, 0.29) is 0 Å². The molecular weight excluding hydrogens is 222 g/mol. The third kappa shape index (κ3) is 2.51. The minimum absolute atomic E-state index is 0.682. The van der Waals surface area contributed by atoms with Crippen molar-refractivity contribution < 1.29 is 0 Å². The molecule has 3 N–H and O–H groups in total. The monoisotopic (exact) mass is 239 g/mol. The van der Waals surface area contributed by atoms with Gasteiger partial charge in [0.2, 0.25) is 0 Å². The Hall–Kier alpha value is -2.29. The van der Waals surface area contributed by atoms with Gasteiger partial charge in [0.05, 0.1) is 5.52 Å². The Balaban J connectivity index is 2.38. The first-order valence-electron chi connectivity index (χ1n) is 5.87. The first kappa shape index (κ1) is 12.2. The molecule has 0 bridgehead atoms. The van der Waals surface area contributed by atoms with Crippen LogP contribution in [0.1, 0.15) is 12.5 Å². The Kier molecular flexibility index (Phi) is 3.63. The van der Waals surface area contributed by atoms with Gasteiger partial charge in [0.15, 0.2) is 0 Å². The molecule has 0 spiro atoms. The fraction of sp³-hybridized carbons (Fsp3) is 0.133. The van der Waals surface area contributed by atoms with Crippen LogP contribution in [-0.2, 0) is 6.42 Å². The number of benzene rings is 1. The van der Waals surface area contributed by atoms with Crippen molar-refractivity contribution >= 4 is 10.9 Å². The van der Waals surface area contributed by atoms with Crippen LogP contribution in [0, 0.1) is 0 Å². The Labute approximate surface area is 107 Å². The molecule has 92 valence electrons. The number of nitrogens with two attached hydrogens (primary N) is 1. The number of hydrogen-bond donors (Lipinski definition) is 2. The number of pyridine rings is 1. The molecule has 1 heterocycles. The highest BCUT2D eigenvalue weighted by Gasteiger charge is 2.04. The Morgan fingerprint density at radius 2 is 2.17 bits per heavy atom. The zero-order valence-corrected chi connectivity index (χ0v) is 10.5. The van der Waals surface area contributed by atoms with Gasteiger partial charge >= 0.3 is 0 Å². The van der Waals surface area contributed by atoms with Crippen molar-refractivity contribution in [1.82, 2.24) is 10.3 Å². The summed E-state index contributed by atoms with van der Waals surface area (Å²) in [6.07, 6.45) is 4.12. The van der Waals surface area contributed by atoms with E-state index in [1.54, 1.807) is 12.4 Å². The fourth-order valence-electron chi connectivity index (χ4n) is 1.89. The van der Waals surface area contributed by atoms with Gasteiger partial charge in [-0.2, -0.15) is 0 Å². The predicted octanol–water partition coefficient (Wildman–Crippen LogP) is 2.70. The van der Waals surface area contributed by atoms with Gasteiger partial charge in [-0.1, -0.05) is 30.8 Å². The van der Waals surface area contributed by atoms with E-state index in [0.29, 0.717) is 6.42 Å². The largest absolute Gasteiger partial charge is 0.400 e. The lowest BCUT2D eigenvalue weighted by Gasteiger charge is -2.09. The van der Waals surface area contributed by atoms with Crippen LogP contribution in [0.5, 0.6) is 0 Å². The van der Waals surface area contributed by atoms with Gasteiger partial charge in [0, 0.05) is 29.4 Å². The molecule has 18 heavy (non-hydrogen) atoms. The van der Waals surface area contributed by atoms with E-state index in [1.165, 1.54) is 0 Å². The summed E-state index contributed by atoms with van der Waals surface area (Å²) in [5.41, 5.74) is 9.94. The Morgan fingerprint density at radius 1 is 1.39 bits per heavy atom. The smallest absolute Gasteiger partial charge is 0.0737 e. The lowest BCUT2D eigenvalue weighted by Crippen LogP contribution is -2.12. The van der Waals surface area contributed by atoms with Crippen LogP contribution < -0.4 is 11.1 Å². The van der Waals surface area contributed by atoms with Crippen molar-refractivity contribution in [1.29, 1.82) is 0 Å². The molecule has 0 saturated heterocycles. The number of hydrogen-bond acceptors (Lipinski definition) is 3. The van der Waals surface area contributed by atoms with Crippen LogP contribution in [0.15, 0.2) is 60.7 Å². The van der Waals surface area contributed by atoms with Gasteiger partial charge in [-0.15, -0.1) is 0 Å². The molecule has 1 aromatic heterocycles. The summed E-state index contributed by atoms with van der Waals surface area (Å²) < 4.78 is 0. The maximum absolute atomic E-state index is 6.07. The van der Waals surface area contributed by atoms with Gasteiger partial charge in [0.25, 0.3) is 0 Å². The maximum Gasteiger partial charge on any atom is 0.0737 e. The van der Waals surface area contributed by atoms with Gasteiger partial charge in [-0.3, -0.25) is 4.98 Å². The average Bonchev–Trinajstić information content (AvgIpc) is 2.39. The highest BCUT2D eigenvalue weighted by molar-refractivity contribution is 5.81. The molecule has 2 rings (SSSR count). The zero-order chi connectivity index (χ0) is 13.0. The molecule has 0 amide bonds. The predicted molar refractivity (Wildman–Crippen MR) is 75.7 cm³/mol. The standard InChI is InChI=1S/C15H17N3/c1-3-17-11(2)14(16)10-13-7-4-6-12-8-5-9-18-15(12)13/h3-9,17H,1,10,16H2,2H3/b14-11-. The lowest BCUT2D eigenvalue weighted by atomic mass is 10.0. The van der Waals surface area contributed by atoms with E-state index < -0.39 is 0 Å². The lowest BCUT2D eigenvalue weighted by molar-refractivity contribution is 0.963. The Bertz CT molecular complexity index is 594. The summed E-state index contributed by atoms with van der Waals surface area (Å²) in [6.45, 7) is 5.57. The second kappa shape index (κ2) is 5.36. The van der Waals surface area contributed by atoms with Crippen molar-refractivity contribution in [3.8, 4) is 0 Å². The number of fused-ring (bicyclic) bond motifs is 1. The number of allylic oxidation sites excluding steroid dienone is 2. The number of nitrogens with one attached hydrogen (secondary N) is 1. The topological polar surface area (TPSA) is 50.9 Å². The van der Waals surface area contributed by atoms with Gasteiger partial charge in [-0.05, 0) is 24.8 Å². The molecule has 2 aromatic rings. The highest BCUT2D eigenvalue weighted by atomic mass is 14.9. The summed E-state index contributed by atoms with van der Waals surface area (Å²) in [5.74, 6) is 0. The van der Waals surface area contributed by atoms with E-state index in [2.05, 4.69) is 35.1 Å². The molecular formula is C15H17N3. The third-order valence-corrected chi connectivity index (χ3v) is 2.90. The van der Waals surface area contributed by atoms with Crippen molar-refractivity contribution in [3.63, 3.8) is 0 Å². The van der Waals surface area contributed by atoms with Crippen LogP contribution in [0.2, 0.25) is 0 Å². The van der Waals surface area contributed by atoms with E-state index in [4.69, 9.17) is 5.73 Å². The molecule has 0 fully saturated rings. The number of nitrogens with zero attached hydrogens (tertiary/aromatic N) is 1. The Morgan fingerprint density at radius 3 is 2.94 bits per heavy atom. The minimum atomic E-state index is 0.682. The van der Waals surface area contributed by atoms with E-state index in [1.807, 2.05) is 19.1 Å². The first-order valence-corrected chi connectivity index (χ1v) is 5.87. The molecule has 0 aliphatic carbocycles. The molecule has 0 radical (unpaired) electrons. The van der Waals surface area contributed by atoms with Crippen molar-refractivity contribution in [2.75, 3.05) is 0 Å². The molecule has 0 aliphatic heterocycles. The van der Waals surface area contributed by atoms with Crippen molar-refractivity contribution in [2.24, 2.45) is 5.73 Å². The number of para-hydroxylation sites is 1. The van der Waals surface area contributed by atoms with E-state index in [9.17, 15) is 0 Å². The van der Waals surface area contributed by atoms with Crippen molar-refractivity contribution in [2.45, 2.75) is 13.3 Å². The zero-order valence-electron chi connectivity index (χ0n) is 10.5. The van der Waals surface area contributed by atoms with Crippen LogP contribution in [0.3, 0.4) is 0 Å².